The van der Waals surface area contributed by atoms with Crippen LogP contribution in [0.2, 0.25) is 0 Å². The van der Waals surface area contributed by atoms with Crippen molar-refractivity contribution in [2.24, 2.45) is 0 Å². The van der Waals surface area contributed by atoms with Crippen LogP contribution in [-0.2, 0) is 17.7 Å². The first kappa shape index (κ1) is 17.2. The summed E-state index contributed by atoms with van der Waals surface area (Å²) >= 11 is 0. The maximum absolute atomic E-state index is 12.8. The Morgan fingerprint density at radius 3 is 2.76 bits per heavy atom. The van der Waals surface area contributed by atoms with Crippen LogP contribution in [0.4, 0.5) is 5.69 Å². The number of amides is 2. The average Bonchev–Trinajstić information content (AvgIpc) is 2.96. The number of para-hydroxylation sites is 1. The highest BCUT2D eigenvalue weighted by molar-refractivity contribution is 6.13. The molecule has 1 heterocycles. The standard InChI is InChI=1S/C20H22N2O3/c1-3-14-7-4-5-10-17(14)21-19(23)16-9-6-8-15-13-22(11-12-25-2)20(24)18(15)16/h4-10H,3,11-13H2,1-2H3,(H,21,23). The van der Waals surface area contributed by atoms with E-state index in [0.29, 0.717) is 30.8 Å². The molecule has 0 saturated carbocycles. The van der Waals surface area contributed by atoms with E-state index in [1.54, 1.807) is 18.1 Å². The topological polar surface area (TPSA) is 58.6 Å². The summed E-state index contributed by atoms with van der Waals surface area (Å²) in [6.45, 7) is 3.56. The van der Waals surface area contributed by atoms with Gasteiger partial charge in [0.2, 0.25) is 0 Å². The van der Waals surface area contributed by atoms with Gasteiger partial charge in [0, 0.05) is 25.9 Å². The lowest BCUT2D eigenvalue weighted by Gasteiger charge is -2.15. The Morgan fingerprint density at radius 2 is 2.00 bits per heavy atom. The monoisotopic (exact) mass is 338 g/mol. The van der Waals surface area contributed by atoms with Crippen molar-refractivity contribution in [1.29, 1.82) is 0 Å². The molecule has 0 fully saturated rings. The van der Waals surface area contributed by atoms with E-state index in [-0.39, 0.29) is 11.8 Å². The Balaban J connectivity index is 1.86. The van der Waals surface area contributed by atoms with Gasteiger partial charge >= 0.3 is 0 Å². The van der Waals surface area contributed by atoms with Crippen LogP contribution in [0.1, 0.15) is 38.8 Å². The molecular formula is C20H22N2O3. The zero-order valence-corrected chi connectivity index (χ0v) is 14.5. The van der Waals surface area contributed by atoms with E-state index in [1.165, 1.54) is 0 Å². The predicted octanol–water partition coefficient (Wildman–Crippen LogP) is 3.10. The summed E-state index contributed by atoms with van der Waals surface area (Å²) in [5.41, 5.74) is 3.67. The molecule has 3 rings (SSSR count). The average molecular weight is 338 g/mol. The maximum Gasteiger partial charge on any atom is 0.256 e. The summed E-state index contributed by atoms with van der Waals surface area (Å²) in [5.74, 6) is -0.360. The van der Waals surface area contributed by atoms with Crippen molar-refractivity contribution in [3.8, 4) is 0 Å². The number of anilines is 1. The fraction of sp³-hybridized carbons (Fsp3) is 0.300. The van der Waals surface area contributed by atoms with Gasteiger partial charge in [-0.3, -0.25) is 9.59 Å². The van der Waals surface area contributed by atoms with Crippen LogP contribution in [0.15, 0.2) is 42.5 Å². The summed E-state index contributed by atoms with van der Waals surface area (Å²) < 4.78 is 5.06. The number of carbonyl (C=O) groups is 2. The van der Waals surface area contributed by atoms with E-state index in [0.717, 1.165) is 23.2 Å². The number of nitrogens with zero attached hydrogens (tertiary/aromatic N) is 1. The van der Waals surface area contributed by atoms with Crippen molar-refractivity contribution in [1.82, 2.24) is 4.90 Å². The van der Waals surface area contributed by atoms with Crippen LogP contribution in [0, 0.1) is 0 Å². The molecule has 1 N–H and O–H groups in total. The van der Waals surface area contributed by atoms with E-state index in [1.807, 2.05) is 43.3 Å². The van der Waals surface area contributed by atoms with E-state index in [2.05, 4.69) is 5.32 Å². The number of methoxy groups -OCH3 is 1. The number of ether oxygens (including phenoxy) is 1. The maximum atomic E-state index is 12.8. The Bertz CT molecular complexity index is 801. The van der Waals surface area contributed by atoms with Crippen molar-refractivity contribution in [3.63, 3.8) is 0 Å². The lowest BCUT2D eigenvalue weighted by atomic mass is 10.0. The highest BCUT2D eigenvalue weighted by Gasteiger charge is 2.31. The minimum Gasteiger partial charge on any atom is -0.383 e. The Kier molecular flexibility index (Phi) is 5.14. The number of hydrogen-bond donors (Lipinski definition) is 1. The van der Waals surface area contributed by atoms with E-state index >= 15 is 0 Å². The molecule has 5 nitrogen and oxygen atoms in total. The van der Waals surface area contributed by atoms with Crippen LogP contribution < -0.4 is 5.32 Å². The second-order valence-corrected chi connectivity index (χ2v) is 6.02. The smallest absolute Gasteiger partial charge is 0.256 e. The lowest BCUT2D eigenvalue weighted by Crippen LogP contribution is -2.28. The summed E-state index contributed by atoms with van der Waals surface area (Å²) in [4.78, 5) is 27.2. The van der Waals surface area contributed by atoms with Gasteiger partial charge in [0.05, 0.1) is 17.7 Å². The number of carbonyl (C=O) groups excluding carboxylic acids is 2. The van der Waals surface area contributed by atoms with Gasteiger partial charge in [-0.15, -0.1) is 0 Å². The highest BCUT2D eigenvalue weighted by Crippen LogP contribution is 2.27. The molecule has 0 unspecified atom stereocenters. The van der Waals surface area contributed by atoms with Crippen molar-refractivity contribution in [3.05, 3.63) is 64.7 Å². The van der Waals surface area contributed by atoms with Crippen molar-refractivity contribution < 1.29 is 14.3 Å². The van der Waals surface area contributed by atoms with Crippen LogP contribution in [0.5, 0.6) is 0 Å². The normalized spacial score (nSPS) is 13.0. The molecule has 1 aliphatic rings. The molecule has 5 heteroatoms. The van der Waals surface area contributed by atoms with Gasteiger partial charge in [-0.1, -0.05) is 37.3 Å². The summed E-state index contributed by atoms with van der Waals surface area (Å²) in [6.07, 6.45) is 0.826. The summed E-state index contributed by atoms with van der Waals surface area (Å²) in [7, 11) is 1.61. The van der Waals surface area contributed by atoms with Gasteiger partial charge in [0.15, 0.2) is 0 Å². The molecular weight excluding hydrogens is 316 g/mol. The molecule has 0 spiro atoms. The van der Waals surface area contributed by atoms with E-state index in [4.69, 9.17) is 4.74 Å². The fourth-order valence-electron chi connectivity index (χ4n) is 3.13. The number of nitrogens with one attached hydrogen (secondary N) is 1. The van der Waals surface area contributed by atoms with E-state index in [9.17, 15) is 9.59 Å². The molecule has 25 heavy (non-hydrogen) atoms. The molecule has 0 aromatic heterocycles. The largest absolute Gasteiger partial charge is 0.383 e. The van der Waals surface area contributed by atoms with Crippen molar-refractivity contribution in [2.75, 3.05) is 25.6 Å². The first-order chi connectivity index (χ1) is 12.2. The molecule has 1 aliphatic heterocycles. The third-order valence-corrected chi connectivity index (χ3v) is 4.47. The molecule has 2 aromatic rings. The van der Waals surface area contributed by atoms with Gasteiger partial charge < -0.3 is 15.0 Å². The third-order valence-electron chi connectivity index (χ3n) is 4.47. The van der Waals surface area contributed by atoms with Gasteiger partial charge in [-0.25, -0.2) is 0 Å². The summed E-state index contributed by atoms with van der Waals surface area (Å²) in [5, 5.41) is 2.95. The summed E-state index contributed by atoms with van der Waals surface area (Å²) in [6, 6.07) is 13.1. The number of rotatable bonds is 6. The number of hydrogen-bond acceptors (Lipinski definition) is 3. The molecule has 0 bridgehead atoms. The Morgan fingerprint density at radius 1 is 1.20 bits per heavy atom. The Hall–Kier alpha value is -2.66. The van der Waals surface area contributed by atoms with Gasteiger partial charge in [-0.2, -0.15) is 0 Å². The highest BCUT2D eigenvalue weighted by atomic mass is 16.5. The van der Waals surface area contributed by atoms with Crippen molar-refractivity contribution >= 4 is 17.5 Å². The molecule has 0 saturated heterocycles. The zero-order chi connectivity index (χ0) is 17.8. The molecule has 2 amide bonds. The molecule has 130 valence electrons. The predicted molar refractivity (Wildman–Crippen MR) is 96.8 cm³/mol. The van der Waals surface area contributed by atoms with E-state index < -0.39 is 0 Å². The number of benzene rings is 2. The first-order valence-electron chi connectivity index (χ1n) is 8.45. The fourth-order valence-corrected chi connectivity index (χ4v) is 3.13. The first-order valence-corrected chi connectivity index (χ1v) is 8.45. The third kappa shape index (κ3) is 3.42. The second kappa shape index (κ2) is 7.49. The molecule has 0 atom stereocenters. The second-order valence-electron chi connectivity index (χ2n) is 6.02. The number of fused-ring (bicyclic) bond motifs is 1. The van der Waals surface area contributed by atoms with Crippen LogP contribution in [0.25, 0.3) is 0 Å². The van der Waals surface area contributed by atoms with Gasteiger partial charge in [0.25, 0.3) is 11.8 Å². The van der Waals surface area contributed by atoms with Crippen molar-refractivity contribution in [2.45, 2.75) is 19.9 Å². The van der Waals surface area contributed by atoms with Crippen LogP contribution in [-0.4, -0.2) is 37.0 Å². The minimum atomic E-state index is -0.250. The van der Waals surface area contributed by atoms with Crippen LogP contribution >= 0.6 is 0 Å². The van der Waals surface area contributed by atoms with Gasteiger partial charge in [-0.05, 0) is 29.7 Å². The Labute approximate surface area is 147 Å². The quantitative estimate of drug-likeness (QED) is 0.880. The van der Waals surface area contributed by atoms with Crippen LogP contribution in [0.3, 0.4) is 0 Å². The lowest BCUT2D eigenvalue weighted by molar-refractivity contribution is 0.0716. The number of aryl methyl sites for hydroxylation is 1. The zero-order valence-electron chi connectivity index (χ0n) is 14.5. The molecule has 0 radical (unpaired) electrons. The molecule has 0 aliphatic carbocycles. The molecule has 2 aromatic carbocycles. The SMILES string of the molecule is CCc1ccccc1NC(=O)c1cccc2c1C(=O)N(CCOC)C2. The van der Waals surface area contributed by atoms with Gasteiger partial charge in [0.1, 0.15) is 0 Å². The minimum absolute atomic E-state index is 0.110.